The third kappa shape index (κ3) is 4.54. The highest BCUT2D eigenvalue weighted by Crippen LogP contribution is 2.14. The normalized spacial score (nSPS) is 14.8. The van der Waals surface area contributed by atoms with Gasteiger partial charge in [0.1, 0.15) is 0 Å². The largest absolute Gasteiger partial charge is 0.374 e. The molecule has 1 aliphatic rings. The van der Waals surface area contributed by atoms with E-state index in [2.05, 4.69) is 14.9 Å². The molecule has 1 aromatic carbocycles. The van der Waals surface area contributed by atoms with Gasteiger partial charge in [0.2, 0.25) is 5.95 Å². The summed E-state index contributed by atoms with van der Waals surface area (Å²) in [5.74, 6) is 0.800. The number of rotatable bonds is 5. The summed E-state index contributed by atoms with van der Waals surface area (Å²) < 4.78 is 5.59. The van der Waals surface area contributed by atoms with Gasteiger partial charge in [-0.2, -0.15) is 0 Å². The first kappa shape index (κ1) is 17.4. The minimum atomic E-state index is 0.0740. The number of amides is 1. The highest BCUT2D eigenvalue weighted by molar-refractivity contribution is 5.94. The van der Waals surface area contributed by atoms with Crippen LogP contribution in [-0.2, 0) is 11.3 Å². The molecule has 132 valence electrons. The molecule has 0 spiro atoms. The van der Waals surface area contributed by atoms with Crippen molar-refractivity contribution in [2.45, 2.75) is 26.6 Å². The van der Waals surface area contributed by atoms with Crippen LogP contribution in [0.1, 0.15) is 29.8 Å². The number of aromatic nitrogens is 2. The Hall–Kier alpha value is -2.47. The van der Waals surface area contributed by atoms with E-state index in [0.29, 0.717) is 19.7 Å². The van der Waals surface area contributed by atoms with E-state index in [1.807, 2.05) is 43.0 Å². The molecule has 0 N–H and O–H groups in total. The summed E-state index contributed by atoms with van der Waals surface area (Å²) in [4.78, 5) is 25.2. The van der Waals surface area contributed by atoms with Gasteiger partial charge in [0.25, 0.3) is 5.91 Å². The van der Waals surface area contributed by atoms with Crippen LogP contribution >= 0.6 is 0 Å². The summed E-state index contributed by atoms with van der Waals surface area (Å²) in [6, 6.07) is 9.49. The summed E-state index contributed by atoms with van der Waals surface area (Å²) >= 11 is 0. The second-order valence-electron chi connectivity index (χ2n) is 6.38. The fourth-order valence-corrected chi connectivity index (χ4v) is 2.75. The van der Waals surface area contributed by atoms with Gasteiger partial charge in [-0.3, -0.25) is 4.79 Å². The number of hydrogen-bond acceptors (Lipinski definition) is 5. The molecule has 1 aromatic heterocycles. The van der Waals surface area contributed by atoms with Crippen molar-refractivity contribution in [1.29, 1.82) is 0 Å². The predicted octanol–water partition coefficient (Wildman–Crippen LogP) is 2.36. The molecule has 0 atom stereocenters. The first-order valence-electron chi connectivity index (χ1n) is 8.65. The van der Waals surface area contributed by atoms with Gasteiger partial charge >= 0.3 is 0 Å². The van der Waals surface area contributed by atoms with E-state index in [1.165, 1.54) is 0 Å². The Morgan fingerprint density at radius 3 is 2.32 bits per heavy atom. The Balaban J connectivity index is 1.55. The zero-order valence-electron chi connectivity index (χ0n) is 14.8. The van der Waals surface area contributed by atoms with Crippen LogP contribution in [0.3, 0.4) is 0 Å². The second-order valence-corrected chi connectivity index (χ2v) is 6.38. The Morgan fingerprint density at radius 1 is 1.08 bits per heavy atom. The minimum Gasteiger partial charge on any atom is -0.374 e. The summed E-state index contributed by atoms with van der Waals surface area (Å²) in [7, 11) is 0. The van der Waals surface area contributed by atoms with Crippen LogP contribution in [0.15, 0.2) is 42.7 Å². The lowest BCUT2D eigenvalue weighted by atomic mass is 10.1. The summed E-state index contributed by atoms with van der Waals surface area (Å²) in [5.41, 5.74) is 1.80. The van der Waals surface area contributed by atoms with E-state index in [1.54, 1.807) is 18.5 Å². The molecule has 1 aliphatic heterocycles. The van der Waals surface area contributed by atoms with E-state index in [9.17, 15) is 4.79 Å². The summed E-state index contributed by atoms with van der Waals surface area (Å²) in [5, 5.41) is 0. The van der Waals surface area contributed by atoms with Crippen molar-refractivity contribution in [2.75, 3.05) is 31.1 Å². The molecule has 2 heterocycles. The maximum Gasteiger partial charge on any atom is 0.253 e. The monoisotopic (exact) mass is 340 g/mol. The van der Waals surface area contributed by atoms with Crippen LogP contribution in [0.5, 0.6) is 0 Å². The topological polar surface area (TPSA) is 58.6 Å². The van der Waals surface area contributed by atoms with Crippen molar-refractivity contribution in [3.63, 3.8) is 0 Å². The highest BCUT2D eigenvalue weighted by atomic mass is 16.5. The van der Waals surface area contributed by atoms with Crippen molar-refractivity contribution in [3.8, 4) is 0 Å². The van der Waals surface area contributed by atoms with Gasteiger partial charge in [-0.25, -0.2) is 9.97 Å². The fourth-order valence-electron chi connectivity index (χ4n) is 2.75. The van der Waals surface area contributed by atoms with E-state index < -0.39 is 0 Å². The Morgan fingerprint density at radius 2 is 1.72 bits per heavy atom. The SMILES string of the molecule is CC(C)OCc1ccc(C(=O)N2CCN(c3ncccn3)CC2)cc1. The molecule has 0 bridgehead atoms. The van der Waals surface area contributed by atoms with E-state index in [-0.39, 0.29) is 12.0 Å². The lowest BCUT2D eigenvalue weighted by molar-refractivity contribution is 0.0655. The summed E-state index contributed by atoms with van der Waals surface area (Å²) in [6.45, 7) is 7.44. The number of benzene rings is 1. The van der Waals surface area contributed by atoms with Crippen LogP contribution in [-0.4, -0.2) is 53.1 Å². The Labute approximate surface area is 148 Å². The molecule has 2 aromatic rings. The van der Waals surface area contributed by atoms with Crippen molar-refractivity contribution >= 4 is 11.9 Å². The molecule has 25 heavy (non-hydrogen) atoms. The first-order valence-corrected chi connectivity index (χ1v) is 8.65. The predicted molar refractivity (Wildman–Crippen MR) is 96.5 cm³/mol. The van der Waals surface area contributed by atoms with Gasteiger partial charge in [0, 0.05) is 44.1 Å². The molecule has 3 rings (SSSR count). The molecule has 0 unspecified atom stereocenters. The van der Waals surface area contributed by atoms with Crippen LogP contribution in [0, 0.1) is 0 Å². The van der Waals surface area contributed by atoms with Gasteiger partial charge in [0.15, 0.2) is 0 Å². The van der Waals surface area contributed by atoms with Crippen molar-refractivity contribution in [3.05, 3.63) is 53.9 Å². The number of hydrogen-bond donors (Lipinski definition) is 0. The van der Waals surface area contributed by atoms with Crippen LogP contribution in [0.25, 0.3) is 0 Å². The third-order valence-electron chi connectivity index (χ3n) is 4.19. The molecule has 0 aliphatic carbocycles. The standard InChI is InChI=1S/C19H24N4O2/c1-15(2)25-14-16-4-6-17(7-5-16)18(24)22-10-12-23(13-11-22)19-20-8-3-9-21-19/h3-9,15H,10-14H2,1-2H3. The van der Waals surface area contributed by atoms with E-state index in [4.69, 9.17) is 4.74 Å². The number of carbonyl (C=O) groups is 1. The first-order chi connectivity index (χ1) is 12.1. The Kier molecular flexibility index (Phi) is 5.60. The maximum absolute atomic E-state index is 12.7. The molecule has 1 amide bonds. The highest BCUT2D eigenvalue weighted by Gasteiger charge is 2.23. The number of nitrogens with zero attached hydrogens (tertiary/aromatic N) is 4. The molecule has 1 saturated heterocycles. The van der Waals surface area contributed by atoms with Crippen LogP contribution in [0.4, 0.5) is 5.95 Å². The molecule has 1 fully saturated rings. The summed E-state index contributed by atoms with van der Waals surface area (Å²) in [6.07, 6.45) is 3.68. The number of carbonyl (C=O) groups excluding carboxylic acids is 1. The second kappa shape index (κ2) is 8.07. The Bertz CT molecular complexity index is 680. The smallest absolute Gasteiger partial charge is 0.253 e. The molecular formula is C19H24N4O2. The molecule has 6 nitrogen and oxygen atoms in total. The van der Waals surface area contributed by atoms with Crippen molar-refractivity contribution in [1.82, 2.24) is 14.9 Å². The lowest BCUT2D eigenvalue weighted by Crippen LogP contribution is -2.49. The average Bonchev–Trinajstić information content (AvgIpc) is 2.67. The van der Waals surface area contributed by atoms with Crippen molar-refractivity contribution in [2.24, 2.45) is 0 Å². The van der Waals surface area contributed by atoms with Gasteiger partial charge in [-0.1, -0.05) is 12.1 Å². The van der Waals surface area contributed by atoms with Crippen LogP contribution in [0.2, 0.25) is 0 Å². The van der Waals surface area contributed by atoms with Gasteiger partial charge in [-0.15, -0.1) is 0 Å². The van der Waals surface area contributed by atoms with Gasteiger partial charge < -0.3 is 14.5 Å². The molecule has 0 saturated carbocycles. The quantitative estimate of drug-likeness (QED) is 0.836. The van der Waals surface area contributed by atoms with Crippen molar-refractivity contribution < 1.29 is 9.53 Å². The zero-order chi connectivity index (χ0) is 17.6. The lowest BCUT2D eigenvalue weighted by Gasteiger charge is -2.34. The van der Waals surface area contributed by atoms with E-state index >= 15 is 0 Å². The number of piperazine rings is 1. The fraction of sp³-hybridized carbons (Fsp3) is 0.421. The average molecular weight is 340 g/mol. The minimum absolute atomic E-state index is 0.0740. The number of ether oxygens (including phenoxy) is 1. The molecular weight excluding hydrogens is 316 g/mol. The molecule has 0 radical (unpaired) electrons. The number of anilines is 1. The van der Waals surface area contributed by atoms with Gasteiger partial charge in [0.05, 0.1) is 12.7 Å². The van der Waals surface area contributed by atoms with Gasteiger partial charge in [-0.05, 0) is 37.6 Å². The molecule has 6 heteroatoms. The maximum atomic E-state index is 12.7. The van der Waals surface area contributed by atoms with E-state index in [0.717, 1.165) is 30.2 Å². The van der Waals surface area contributed by atoms with Crippen LogP contribution < -0.4 is 4.90 Å². The third-order valence-corrected chi connectivity index (χ3v) is 4.19. The zero-order valence-corrected chi connectivity index (χ0v) is 14.8.